The minimum atomic E-state index is -0.424. The molecule has 0 spiro atoms. The lowest BCUT2D eigenvalue weighted by Gasteiger charge is -2.01. The molecule has 2 aromatic heterocycles. The second-order valence-electron chi connectivity index (χ2n) is 5.29. The molecular formula is C17H16BrN3O3. The Morgan fingerprint density at radius 2 is 2.17 bits per heavy atom. The predicted molar refractivity (Wildman–Crippen MR) is 95.7 cm³/mol. The molecule has 124 valence electrons. The molecule has 0 radical (unpaired) electrons. The molecule has 1 N–H and O–H groups in total. The van der Waals surface area contributed by atoms with Crippen LogP contribution < -0.4 is 10.2 Å². The Bertz CT molecular complexity index is 940. The van der Waals surface area contributed by atoms with E-state index in [-0.39, 0.29) is 5.76 Å². The summed E-state index contributed by atoms with van der Waals surface area (Å²) in [5.74, 6) is 0.300. The summed E-state index contributed by atoms with van der Waals surface area (Å²) in [4.78, 5) is 12.2. The van der Waals surface area contributed by atoms with Gasteiger partial charge < -0.3 is 13.7 Å². The number of carbonyl (C=O) groups excluding carboxylic acids is 1. The fourth-order valence-electron chi connectivity index (χ4n) is 2.32. The van der Waals surface area contributed by atoms with Crippen LogP contribution in [0.1, 0.15) is 21.9 Å². The zero-order chi connectivity index (χ0) is 17.3. The van der Waals surface area contributed by atoms with Crippen molar-refractivity contribution in [1.82, 2.24) is 9.99 Å². The predicted octanol–water partition coefficient (Wildman–Crippen LogP) is 3.61. The van der Waals surface area contributed by atoms with Crippen LogP contribution in [0.2, 0.25) is 0 Å². The summed E-state index contributed by atoms with van der Waals surface area (Å²) in [6, 6.07) is 9.19. The first-order valence-electron chi connectivity index (χ1n) is 7.22. The van der Waals surface area contributed by atoms with Crippen molar-refractivity contribution in [2.24, 2.45) is 12.1 Å². The van der Waals surface area contributed by atoms with Crippen molar-refractivity contribution in [1.29, 1.82) is 0 Å². The van der Waals surface area contributed by atoms with Crippen LogP contribution in [0.3, 0.4) is 0 Å². The molecular weight excluding hydrogens is 374 g/mol. The Morgan fingerprint density at radius 3 is 2.83 bits per heavy atom. The van der Waals surface area contributed by atoms with E-state index in [2.05, 4.69) is 26.5 Å². The number of aromatic nitrogens is 1. The van der Waals surface area contributed by atoms with E-state index >= 15 is 0 Å². The van der Waals surface area contributed by atoms with Gasteiger partial charge in [-0.3, -0.25) is 4.79 Å². The quantitative estimate of drug-likeness (QED) is 0.547. The van der Waals surface area contributed by atoms with E-state index in [4.69, 9.17) is 9.15 Å². The van der Waals surface area contributed by atoms with E-state index in [1.165, 1.54) is 0 Å². The van der Waals surface area contributed by atoms with Crippen LogP contribution in [0.4, 0.5) is 0 Å². The minimum absolute atomic E-state index is 0.168. The second kappa shape index (κ2) is 6.52. The monoisotopic (exact) mass is 389 g/mol. The van der Waals surface area contributed by atoms with Crippen LogP contribution in [0, 0.1) is 6.92 Å². The summed E-state index contributed by atoms with van der Waals surface area (Å²) < 4.78 is 13.7. The van der Waals surface area contributed by atoms with Crippen molar-refractivity contribution < 1.29 is 13.9 Å². The van der Waals surface area contributed by atoms with E-state index in [0.29, 0.717) is 11.3 Å². The Kier molecular flexibility index (Phi) is 4.44. The number of rotatable bonds is 4. The number of nitrogens with one attached hydrogen (secondary N) is 1. The summed E-state index contributed by atoms with van der Waals surface area (Å²) in [5, 5.41) is 4.75. The number of hydrazone groups is 1. The normalized spacial score (nSPS) is 11.3. The van der Waals surface area contributed by atoms with Crippen LogP contribution in [0.5, 0.6) is 5.75 Å². The number of fused-ring (bicyclic) bond motifs is 1. The molecule has 0 aliphatic carbocycles. The summed E-state index contributed by atoms with van der Waals surface area (Å²) in [5.41, 5.74) is 4.99. The van der Waals surface area contributed by atoms with Crippen molar-refractivity contribution in [2.45, 2.75) is 6.92 Å². The molecule has 0 saturated carbocycles. The number of ether oxygens (including phenoxy) is 1. The number of hydrogen-bond donors (Lipinski definition) is 1. The number of benzene rings is 1. The Hall–Kier alpha value is -2.54. The van der Waals surface area contributed by atoms with Gasteiger partial charge in [-0.15, -0.1) is 0 Å². The van der Waals surface area contributed by atoms with Crippen LogP contribution >= 0.6 is 15.9 Å². The van der Waals surface area contributed by atoms with Gasteiger partial charge in [-0.2, -0.15) is 5.10 Å². The van der Waals surface area contributed by atoms with Gasteiger partial charge >= 0.3 is 5.91 Å². The number of halogens is 1. The van der Waals surface area contributed by atoms with Crippen molar-refractivity contribution in [3.63, 3.8) is 0 Å². The van der Waals surface area contributed by atoms with E-state index in [9.17, 15) is 4.79 Å². The fraction of sp³-hybridized carbons (Fsp3) is 0.176. The minimum Gasteiger partial charge on any atom is -0.493 e. The molecule has 0 unspecified atom stereocenters. The van der Waals surface area contributed by atoms with E-state index in [1.807, 2.05) is 36.7 Å². The highest BCUT2D eigenvalue weighted by Gasteiger charge is 2.15. The first-order chi connectivity index (χ1) is 11.5. The van der Waals surface area contributed by atoms with Crippen molar-refractivity contribution in [3.05, 3.63) is 52.0 Å². The van der Waals surface area contributed by atoms with Gasteiger partial charge in [0.1, 0.15) is 0 Å². The van der Waals surface area contributed by atoms with Crippen LogP contribution in [-0.4, -0.2) is 23.8 Å². The Balaban J connectivity index is 1.80. The van der Waals surface area contributed by atoms with E-state index in [0.717, 1.165) is 21.2 Å². The van der Waals surface area contributed by atoms with Crippen LogP contribution in [-0.2, 0) is 7.05 Å². The van der Waals surface area contributed by atoms with Crippen LogP contribution in [0.15, 0.2) is 44.3 Å². The van der Waals surface area contributed by atoms with Gasteiger partial charge in [-0.05, 0) is 37.3 Å². The average molecular weight is 390 g/mol. The third-order valence-corrected chi connectivity index (χ3v) is 4.22. The maximum absolute atomic E-state index is 12.2. The fourth-order valence-corrected chi connectivity index (χ4v) is 2.78. The van der Waals surface area contributed by atoms with Gasteiger partial charge in [0.25, 0.3) is 0 Å². The maximum Gasteiger partial charge on any atom is 0.307 e. The van der Waals surface area contributed by atoms with Gasteiger partial charge in [0.2, 0.25) is 0 Å². The van der Waals surface area contributed by atoms with Crippen molar-refractivity contribution >= 4 is 39.0 Å². The molecule has 0 bridgehead atoms. The molecule has 0 aliphatic heterocycles. The number of nitrogens with zero attached hydrogens (tertiary/aromatic N) is 2. The first kappa shape index (κ1) is 16.3. The highest BCUT2D eigenvalue weighted by Crippen LogP contribution is 2.32. The molecule has 0 atom stereocenters. The lowest BCUT2D eigenvalue weighted by atomic mass is 10.2. The molecule has 3 rings (SSSR count). The smallest absolute Gasteiger partial charge is 0.307 e. The number of carbonyl (C=O) groups is 1. The molecule has 24 heavy (non-hydrogen) atoms. The first-order valence-corrected chi connectivity index (χ1v) is 8.01. The van der Waals surface area contributed by atoms with E-state index < -0.39 is 5.91 Å². The van der Waals surface area contributed by atoms with Gasteiger partial charge in [0.05, 0.1) is 19.0 Å². The molecule has 1 aromatic carbocycles. The molecule has 3 aromatic rings. The van der Waals surface area contributed by atoms with Gasteiger partial charge in [-0.25, -0.2) is 5.43 Å². The summed E-state index contributed by atoms with van der Waals surface area (Å²) in [6.45, 7) is 2.00. The molecule has 0 aliphatic rings. The molecule has 0 fully saturated rings. The molecule has 0 saturated heterocycles. The number of methoxy groups -OCH3 is 1. The molecule has 7 heteroatoms. The van der Waals surface area contributed by atoms with Gasteiger partial charge in [0.15, 0.2) is 17.1 Å². The highest BCUT2D eigenvalue weighted by molar-refractivity contribution is 9.10. The third kappa shape index (κ3) is 3.07. The lowest BCUT2D eigenvalue weighted by molar-refractivity contribution is 0.0929. The number of amides is 1. The van der Waals surface area contributed by atoms with Crippen LogP contribution in [0.25, 0.3) is 11.0 Å². The highest BCUT2D eigenvalue weighted by atomic mass is 79.9. The van der Waals surface area contributed by atoms with E-state index in [1.54, 1.807) is 25.5 Å². The second-order valence-corrected chi connectivity index (χ2v) is 6.21. The Labute approximate surface area is 147 Å². The summed E-state index contributed by atoms with van der Waals surface area (Å²) in [7, 11) is 3.48. The topological polar surface area (TPSA) is 68.8 Å². The van der Waals surface area contributed by atoms with Gasteiger partial charge in [0, 0.05) is 22.6 Å². The number of furan rings is 1. The Morgan fingerprint density at radius 1 is 1.38 bits per heavy atom. The SMILES string of the molecule is COc1cc(Br)cc2cc(C(=O)N/N=C/c3ccc(C)n3C)oc12. The standard InChI is InChI=1S/C17H16BrN3O3/c1-10-4-5-13(21(10)2)9-19-20-17(22)15-7-11-6-12(18)8-14(23-3)16(11)24-15/h4-9H,1-3H3,(H,20,22)/b19-9+. The zero-order valence-corrected chi connectivity index (χ0v) is 15.0. The number of aryl methyl sites for hydroxylation is 1. The molecule has 2 heterocycles. The number of hydrogen-bond acceptors (Lipinski definition) is 4. The summed E-state index contributed by atoms with van der Waals surface area (Å²) in [6.07, 6.45) is 1.59. The van der Waals surface area contributed by atoms with Crippen molar-refractivity contribution in [3.8, 4) is 5.75 Å². The lowest BCUT2D eigenvalue weighted by Crippen LogP contribution is -2.17. The third-order valence-electron chi connectivity index (χ3n) is 3.77. The molecule has 6 nitrogen and oxygen atoms in total. The van der Waals surface area contributed by atoms with Gasteiger partial charge in [-0.1, -0.05) is 15.9 Å². The van der Waals surface area contributed by atoms with Crippen molar-refractivity contribution in [2.75, 3.05) is 7.11 Å². The zero-order valence-electron chi connectivity index (χ0n) is 13.5. The summed E-state index contributed by atoms with van der Waals surface area (Å²) >= 11 is 3.40. The average Bonchev–Trinajstić information content (AvgIpc) is 3.12. The molecule has 1 amide bonds. The largest absolute Gasteiger partial charge is 0.493 e. The maximum atomic E-state index is 12.2.